The van der Waals surface area contributed by atoms with Crippen molar-refractivity contribution in [2.24, 2.45) is 7.05 Å². The highest BCUT2D eigenvalue weighted by atomic mass is 19.1. The molecule has 0 bridgehead atoms. The van der Waals surface area contributed by atoms with E-state index >= 15 is 0 Å². The maximum absolute atomic E-state index is 13.8. The van der Waals surface area contributed by atoms with E-state index in [4.69, 9.17) is 4.74 Å². The molecule has 0 unspecified atom stereocenters. The number of hydrogen-bond acceptors (Lipinski definition) is 3. The summed E-state index contributed by atoms with van der Waals surface area (Å²) >= 11 is 0. The third-order valence-corrected chi connectivity index (χ3v) is 4.46. The van der Waals surface area contributed by atoms with Crippen LogP contribution in [-0.2, 0) is 18.2 Å². The molecule has 1 aliphatic rings. The van der Waals surface area contributed by atoms with E-state index in [0.717, 1.165) is 12.2 Å². The van der Waals surface area contributed by atoms with E-state index in [2.05, 4.69) is 15.6 Å². The number of amides is 2. The highest BCUT2D eigenvalue weighted by Gasteiger charge is 2.27. The maximum Gasteiger partial charge on any atom is 0.319 e. The number of benzene rings is 1. The van der Waals surface area contributed by atoms with Gasteiger partial charge in [0.05, 0.1) is 0 Å². The summed E-state index contributed by atoms with van der Waals surface area (Å²) in [7, 11) is 1.92. The molecule has 3 rings (SSSR count). The van der Waals surface area contributed by atoms with E-state index < -0.39 is 0 Å². The lowest BCUT2D eigenvalue weighted by atomic mass is 10.0. The molecule has 25 heavy (non-hydrogen) atoms. The van der Waals surface area contributed by atoms with Crippen molar-refractivity contribution in [2.45, 2.75) is 38.3 Å². The van der Waals surface area contributed by atoms with Crippen LogP contribution in [0.2, 0.25) is 0 Å². The smallest absolute Gasteiger partial charge is 0.319 e. The lowest BCUT2D eigenvalue weighted by Gasteiger charge is -2.29. The van der Waals surface area contributed by atoms with Crippen LogP contribution in [0.4, 0.5) is 14.9 Å². The number of rotatable bonds is 4. The molecule has 2 atom stereocenters. The van der Waals surface area contributed by atoms with Gasteiger partial charge in [-0.25, -0.2) is 14.2 Å². The summed E-state index contributed by atoms with van der Waals surface area (Å²) in [6.45, 7) is 2.45. The first-order valence-corrected chi connectivity index (χ1v) is 8.51. The molecule has 6 nitrogen and oxygen atoms in total. The number of halogens is 1. The van der Waals surface area contributed by atoms with Gasteiger partial charge in [-0.1, -0.05) is 13.0 Å². The molecule has 1 aromatic heterocycles. The van der Waals surface area contributed by atoms with Crippen LogP contribution in [0.1, 0.15) is 37.3 Å². The predicted molar refractivity (Wildman–Crippen MR) is 92.9 cm³/mol. The number of nitrogens with one attached hydrogen (secondary N) is 2. The Kier molecular flexibility index (Phi) is 5.33. The van der Waals surface area contributed by atoms with Crippen molar-refractivity contribution >= 4 is 11.7 Å². The van der Waals surface area contributed by atoms with Gasteiger partial charge in [0.2, 0.25) is 0 Å². The Labute approximate surface area is 146 Å². The van der Waals surface area contributed by atoms with Gasteiger partial charge >= 0.3 is 6.03 Å². The van der Waals surface area contributed by atoms with Gasteiger partial charge in [-0.3, -0.25) is 0 Å². The van der Waals surface area contributed by atoms with E-state index in [1.54, 1.807) is 18.3 Å². The van der Waals surface area contributed by atoms with Gasteiger partial charge in [0.15, 0.2) is 0 Å². The second-order valence-electron chi connectivity index (χ2n) is 6.24. The lowest BCUT2D eigenvalue weighted by molar-refractivity contribution is -0.00410. The molecule has 1 saturated heterocycles. The van der Waals surface area contributed by atoms with Crippen molar-refractivity contribution < 1.29 is 13.9 Å². The highest BCUT2D eigenvalue weighted by Crippen LogP contribution is 2.26. The molecular formula is C18H23FN4O2. The molecule has 134 valence electrons. The standard InChI is InChI=1S/C18H23FN4O2/c1-3-12-4-5-13(10-15(12)19)21-18(24)22-14-6-9-25-16(11-14)17-20-7-8-23(17)2/h4-5,7-8,10,14,16H,3,6,9,11H2,1-2H3,(H2,21,22,24)/t14-,16-/m0/s1. The molecule has 7 heteroatoms. The number of anilines is 1. The van der Waals surface area contributed by atoms with Gasteiger partial charge in [-0.15, -0.1) is 0 Å². The minimum atomic E-state index is -0.339. The zero-order valence-electron chi connectivity index (χ0n) is 14.5. The number of carbonyl (C=O) groups excluding carboxylic acids is 1. The number of nitrogens with zero attached hydrogens (tertiary/aromatic N) is 2. The monoisotopic (exact) mass is 346 g/mol. The molecule has 0 saturated carbocycles. The molecule has 0 radical (unpaired) electrons. The number of hydrogen-bond donors (Lipinski definition) is 2. The summed E-state index contributed by atoms with van der Waals surface area (Å²) < 4.78 is 21.5. The predicted octanol–water partition coefficient (Wildman–Crippen LogP) is 3.16. The third kappa shape index (κ3) is 4.17. The Morgan fingerprint density at radius 3 is 3.00 bits per heavy atom. The zero-order valence-corrected chi connectivity index (χ0v) is 14.5. The average molecular weight is 346 g/mol. The number of carbonyl (C=O) groups is 1. The fraction of sp³-hybridized carbons (Fsp3) is 0.444. The molecule has 2 heterocycles. The van der Waals surface area contributed by atoms with Crippen LogP contribution < -0.4 is 10.6 Å². The lowest BCUT2D eigenvalue weighted by Crippen LogP contribution is -2.42. The molecule has 0 spiro atoms. The van der Waals surface area contributed by atoms with Crippen LogP contribution in [0, 0.1) is 5.82 Å². The zero-order chi connectivity index (χ0) is 17.8. The van der Waals surface area contributed by atoms with Crippen LogP contribution in [0.5, 0.6) is 0 Å². The molecule has 1 fully saturated rings. The van der Waals surface area contributed by atoms with Crippen LogP contribution in [0.25, 0.3) is 0 Å². The first-order valence-electron chi connectivity index (χ1n) is 8.51. The topological polar surface area (TPSA) is 68.2 Å². The first kappa shape index (κ1) is 17.4. The molecule has 1 aromatic carbocycles. The summed E-state index contributed by atoms with van der Waals surface area (Å²) in [5.41, 5.74) is 1.08. The van der Waals surface area contributed by atoms with Gasteiger partial charge in [0.25, 0.3) is 0 Å². The summed E-state index contributed by atoms with van der Waals surface area (Å²) in [5, 5.41) is 5.63. The number of urea groups is 1. The third-order valence-electron chi connectivity index (χ3n) is 4.46. The van der Waals surface area contributed by atoms with Crippen LogP contribution in [0.3, 0.4) is 0 Å². The Bertz CT molecular complexity index is 746. The summed E-state index contributed by atoms with van der Waals surface area (Å²) in [6.07, 6.45) is 5.47. The van der Waals surface area contributed by atoms with Crippen molar-refractivity contribution in [3.63, 3.8) is 0 Å². The van der Waals surface area contributed by atoms with E-state index in [0.29, 0.717) is 30.7 Å². The largest absolute Gasteiger partial charge is 0.370 e. The maximum atomic E-state index is 13.8. The van der Waals surface area contributed by atoms with Gasteiger partial charge < -0.3 is 19.9 Å². The molecule has 1 aliphatic heterocycles. The SMILES string of the molecule is CCc1ccc(NC(=O)N[C@H]2CCO[C@H](c3nccn3C)C2)cc1F. The Morgan fingerprint density at radius 1 is 1.48 bits per heavy atom. The quantitative estimate of drug-likeness (QED) is 0.893. The van der Waals surface area contributed by atoms with Crippen molar-refractivity contribution in [3.8, 4) is 0 Å². The van der Waals surface area contributed by atoms with Crippen LogP contribution in [0.15, 0.2) is 30.6 Å². The van der Waals surface area contributed by atoms with Crippen molar-refractivity contribution in [1.82, 2.24) is 14.9 Å². The van der Waals surface area contributed by atoms with Gasteiger partial charge in [0.1, 0.15) is 17.7 Å². The highest BCUT2D eigenvalue weighted by molar-refractivity contribution is 5.89. The number of ether oxygens (including phenoxy) is 1. The molecule has 0 aliphatic carbocycles. The minimum absolute atomic E-state index is 0.0183. The summed E-state index contributed by atoms with van der Waals surface area (Å²) in [4.78, 5) is 16.5. The number of aromatic nitrogens is 2. The normalized spacial score (nSPS) is 20.3. The number of imidazole rings is 1. The molecule has 2 N–H and O–H groups in total. The molecule has 2 aromatic rings. The van der Waals surface area contributed by atoms with Crippen LogP contribution in [-0.4, -0.2) is 28.2 Å². The van der Waals surface area contributed by atoms with Crippen molar-refractivity contribution in [1.29, 1.82) is 0 Å². The van der Waals surface area contributed by atoms with Gasteiger partial charge in [-0.2, -0.15) is 0 Å². The van der Waals surface area contributed by atoms with Crippen LogP contribution >= 0.6 is 0 Å². The molecular weight excluding hydrogens is 323 g/mol. The van der Waals surface area contributed by atoms with Gasteiger partial charge in [0, 0.05) is 44.2 Å². The average Bonchev–Trinajstić information content (AvgIpc) is 3.01. The number of aryl methyl sites for hydroxylation is 2. The van der Waals surface area contributed by atoms with E-state index in [-0.39, 0.29) is 24.0 Å². The fourth-order valence-electron chi connectivity index (χ4n) is 3.06. The molecule has 2 amide bonds. The Hall–Kier alpha value is -2.41. The van der Waals surface area contributed by atoms with Gasteiger partial charge in [-0.05, 0) is 30.5 Å². The van der Waals surface area contributed by atoms with Crippen molar-refractivity contribution in [3.05, 3.63) is 47.8 Å². The summed E-state index contributed by atoms with van der Waals surface area (Å²) in [6, 6.07) is 4.39. The fourth-order valence-corrected chi connectivity index (χ4v) is 3.06. The minimum Gasteiger partial charge on any atom is -0.370 e. The Morgan fingerprint density at radius 2 is 2.32 bits per heavy atom. The Balaban J connectivity index is 1.57. The van der Waals surface area contributed by atoms with E-state index in [9.17, 15) is 9.18 Å². The van der Waals surface area contributed by atoms with Crippen molar-refractivity contribution in [2.75, 3.05) is 11.9 Å². The first-order chi connectivity index (χ1) is 12.1. The van der Waals surface area contributed by atoms with E-state index in [1.165, 1.54) is 6.07 Å². The second-order valence-corrected chi connectivity index (χ2v) is 6.24. The summed E-state index contributed by atoms with van der Waals surface area (Å²) in [5.74, 6) is 0.547. The van der Waals surface area contributed by atoms with E-state index in [1.807, 2.05) is 24.7 Å². The second kappa shape index (κ2) is 7.65.